The van der Waals surface area contributed by atoms with Gasteiger partial charge in [-0.25, -0.2) is 12.8 Å². The molecule has 0 spiro atoms. The molecular weight excluding hydrogens is 395 g/mol. The van der Waals surface area contributed by atoms with Crippen LogP contribution in [0.4, 0.5) is 15.8 Å². The van der Waals surface area contributed by atoms with Crippen molar-refractivity contribution in [2.75, 3.05) is 16.6 Å². The van der Waals surface area contributed by atoms with E-state index in [0.29, 0.717) is 23.6 Å². The molecule has 0 radical (unpaired) electrons. The minimum atomic E-state index is -3.86. The van der Waals surface area contributed by atoms with E-state index in [0.717, 1.165) is 12.1 Å². The van der Waals surface area contributed by atoms with Gasteiger partial charge in [0.15, 0.2) is 0 Å². The summed E-state index contributed by atoms with van der Waals surface area (Å²) in [6, 6.07) is 17.5. The molecule has 150 valence electrons. The zero-order chi connectivity index (χ0) is 20.9. The number of amides is 1. The SMILES string of the molecule is CCOc1ccccc1NC(=O)c1ccc(NS(=O)(=O)c2ccc(F)cc2)cc1. The van der Waals surface area contributed by atoms with E-state index in [9.17, 15) is 17.6 Å². The molecule has 0 atom stereocenters. The predicted octanol–water partition coefficient (Wildman–Crippen LogP) is 4.28. The number of nitrogens with one attached hydrogen (secondary N) is 2. The summed E-state index contributed by atoms with van der Waals surface area (Å²) >= 11 is 0. The molecule has 2 N–H and O–H groups in total. The van der Waals surface area contributed by atoms with Gasteiger partial charge in [-0.05, 0) is 67.6 Å². The van der Waals surface area contributed by atoms with Crippen LogP contribution in [-0.4, -0.2) is 20.9 Å². The lowest BCUT2D eigenvalue weighted by Gasteiger charge is -2.12. The number of hydrogen-bond acceptors (Lipinski definition) is 4. The van der Waals surface area contributed by atoms with Crippen LogP contribution in [0.15, 0.2) is 77.7 Å². The average molecular weight is 414 g/mol. The highest BCUT2D eigenvalue weighted by Gasteiger charge is 2.15. The van der Waals surface area contributed by atoms with Gasteiger partial charge in [0.1, 0.15) is 11.6 Å². The first-order chi connectivity index (χ1) is 13.9. The Morgan fingerprint density at radius 3 is 2.28 bits per heavy atom. The molecule has 0 aliphatic rings. The fraction of sp³-hybridized carbons (Fsp3) is 0.0952. The van der Waals surface area contributed by atoms with Crippen LogP contribution in [0.3, 0.4) is 0 Å². The number of benzene rings is 3. The standard InChI is InChI=1S/C21H19FN2O4S/c1-2-28-20-6-4-3-5-19(20)23-21(25)15-7-11-17(12-8-15)24-29(26,27)18-13-9-16(22)10-14-18/h3-14,24H,2H2,1H3,(H,23,25). The Kier molecular flexibility index (Phi) is 6.13. The Balaban J connectivity index is 1.71. The first-order valence-corrected chi connectivity index (χ1v) is 10.3. The second-order valence-corrected chi connectivity index (χ2v) is 7.70. The van der Waals surface area contributed by atoms with Crippen molar-refractivity contribution in [1.82, 2.24) is 0 Å². The van der Waals surface area contributed by atoms with Crippen LogP contribution >= 0.6 is 0 Å². The maximum absolute atomic E-state index is 13.0. The third kappa shape index (κ3) is 5.11. The quantitative estimate of drug-likeness (QED) is 0.604. The highest BCUT2D eigenvalue weighted by atomic mass is 32.2. The lowest BCUT2D eigenvalue weighted by molar-refractivity contribution is 0.102. The summed E-state index contributed by atoms with van der Waals surface area (Å²) in [7, 11) is -3.86. The van der Waals surface area contributed by atoms with Crippen molar-refractivity contribution in [1.29, 1.82) is 0 Å². The number of carbonyl (C=O) groups is 1. The van der Waals surface area contributed by atoms with Crippen molar-refractivity contribution in [2.24, 2.45) is 0 Å². The maximum Gasteiger partial charge on any atom is 0.261 e. The molecule has 0 aliphatic heterocycles. The van der Waals surface area contributed by atoms with Crippen molar-refractivity contribution in [3.8, 4) is 5.75 Å². The molecule has 3 aromatic carbocycles. The molecule has 0 heterocycles. The van der Waals surface area contributed by atoms with Gasteiger partial charge >= 0.3 is 0 Å². The molecule has 3 aromatic rings. The number of sulfonamides is 1. The summed E-state index contributed by atoms with van der Waals surface area (Å²) in [4.78, 5) is 12.4. The third-order valence-corrected chi connectivity index (χ3v) is 5.36. The van der Waals surface area contributed by atoms with Gasteiger partial charge in [0.05, 0.1) is 17.2 Å². The first kappa shape index (κ1) is 20.3. The Morgan fingerprint density at radius 1 is 0.966 bits per heavy atom. The molecule has 0 bridgehead atoms. The summed E-state index contributed by atoms with van der Waals surface area (Å²) in [6.45, 7) is 2.32. The Bertz CT molecular complexity index is 1100. The second kappa shape index (κ2) is 8.74. The zero-order valence-corrected chi connectivity index (χ0v) is 16.4. The number of hydrogen-bond donors (Lipinski definition) is 2. The molecule has 0 fully saturated rings. The van der Waals surface area contributed by atoms with Crippen molar-refractivity contribution >= 4 is 27.3 Å². The average Bonchev–Trinajstić information content (AvgIpc) is 2.70. The number of rotatable bonds is 7. The van der Waals surface area contributed by atoms with Gasteiger partial charge in [-0.15, -0.1) is 0 Å². The van der Waals surface area contributed by atoms with E-state index in [-0.39, 0.29) is 16.5 Å². The lowest BCUT2D eigenvalue weighted by Crippen LogP contribution is -2.14. The smallest absolute Gasteiger partial charge is 0.261 e. The number of para-hydroxylation sites is 2. The van der Waals surface area contributed by atoms with E-state index in [1.165, 1.54) is 36.4 Å². The molecule has 6 nitrogen and oxygen atoms in total. The van der Waals surface area contributed by atoms with Gasteiger partial charge in [-0.1, -0.05) is 12.1 Å². The van der Waals surface area contributed by atoms with E-state index in [1.54, 1.807) is 18.2 Å². The van der Waals surface area contributed by atoms with Gasteiger partial charge in [0, 0.05) is 11.3 Å². The highest BCUT2D eigenvalue weighted by Crippen LogP contribution is 2.24. The van der Waals surface area contributed by atoms with E-state index >= 15 is 0 Å². The zero-order valence-electron chi connectivity index (χ0n) is 15.6. The van der Waals surface area contributed by atoms with Crippen LogP contribution in [-0.2, 0) is 10.0 Å². The Morgan fingerprint density at radius 2 is 1.62 bits per heavy atom. The molecule has 0 unspecified atom stereocenters. The fourth-order valence-corrected chi connectivity index (χ4v) is 3.62. The summed E-state index contributed by atoms with van der Waals surface area (Å²) in [5.41, 5.74) is 1.17. The Labute approximate surface area is 168 Å². The van der Waals surface area contributed by atoms with Crippen LogP contribution in [0.5, 0.6) is 5.75 Å². The summed E-state index contributed by atoms with van der Waals surface area (Å²) in [5.74, 6) is -0.317. The van der Waals surface area contributed by atoms with Crippen LogP contribution in [0.2, 0.25) is 0 Å². The third-order valence-electron chi connectivity index (χ3n) is 3.96. The summed E-state index contributed by atoms with van der Waals surface area (Å²) in [5, 5.41) is 2.77. The van der Waals surface area contributed by atoms with Crippen LogP contribution in [0.25, 0.3) is 0 Å². The van der Waals surface area contributed by atoms with Crippen LogP contribution < -0.4 is 14.8 Å². The highest BCUT2D eigenvalue weighted by molar-refractivity contribution is 7.92. The van der Waals surface area contributed by atoms with Gasteiger partial charge in [-0.2, -0.15) is 0 Å². The molecular formula is C21H19FN2O4S. The van der Waals surface area contributed by atoms with Crippen molar-refractivity contribution in [3.05, 3.63) is 84.2 Å². The Hall–Kier alpha value is -3.39. The first-order valence-electron chi connectivity index (χ1n) is 8.80. The van der Waals surface area contributed by atoms with Gasteiger partial charge < -0.3 is 10.1 Å². The maximum atomic E-state index is 13.0. The van der Waals surface area contributed by atoms with E-state index in [2.05, 4.69) is 10.0 Å². The summed E-state index contributed by atoms with van der Waals surface area (Å²) in [6.07, 6.45) is 0. The monoisotopic (exact) mass is 414 g/mol. The molecule has 0 aromatic heterocycles. The molecule has 3 rings (SSSR count). The molecule has 0 saturated carbocycles. The minimum Gasteiger partial charge on any atom is -0.492 e. The number of ether oxygens (including phenoxy) is 1. The van der Waals surface area contributed by atoms with E-state index < -0.39 is 15.8 Å². The van der Waals surface area contributed by atoms with Gasteiger partial charge in [0.2, 0.25) is 0 Å². The number of anilines is 2. The second-order valence-electron chi connectivity index (χ2n) is 6.02. The molecule has 8 heteroatoms. The van der Waals surface area contributed by atoms with E-state index in [1.807, 2.05) is 13.0 Å². The van der Waals surface area contributed by atoms with Crippen LogP contribution in [0.1, 0.15) is 17.3 Å². The van der Waals surface area contributed by atoms with Crippen molar-refractivity contribution in [2.45, 2.75) is 11.8 Å². The number of halogens is 1. The normalized spacial score (nSPS) is 11.0. The fourth-order valence-electron chi connectivity index (χ4n) is 2.56. The molecule has 1 amide bonds. The molecule has 0 aliphatic carbocycles. The summed E-state index contributed by atoms with van der Waals surface area (Å²) < 4.78 is 45.6. The van der Waals surface area contributed by atoms with Crippen molar-refractivity contribution < 1.29 is 22.3 Å². The van der Waals surface area contributed by atoms with Crippen molar-refractivity contribution in [3.63, 3.8) is 0 Å². The number of carbonyl (C=O) groups excluding carboxylic acids is 1. The van der Waals surface area contributed by atoms with E-state index in [4.69, 9.17) is 4.74 Å². The minimum absolute atomic E-state index is 0.0618. The predicted molar refractivity (Wildman–Crippen MR) is 109 cm³/mol. The molecule has 0 saturated heterocycles. The van der Waals surface area contributed by atoms with Gasteiger partial charge in [0.25, 0.3) is 15.9 Å². The molecule has 29 heavy (non-hydrogen) atoms. The van der Waals surface area contributed by atoms with Gasteiger partial charge in [-0.3, -0.25) is 9.52 Å². The topological polar surface area (TPSA) is 84.5 Å². The largest absolute Gasteiger partial charge is 0.492 e. The lowest BCUT2D eigenvalue weighted by atomic mass is 10.2. The van der Waals surface area contributed by atoms with Crippen LogP contribution in [0, 0.1) is 5.82 Å².